The third-order valence-corrected chi connectivity index (χ3v) is 2.45. The van der Waals surface area contributed by atoms with Gasteiger partial charge in [-0.2, -0.15) is 0 Å². The maximum atomic E-state index is 3.73. The molecule has 0 bridgehead atoms. The molecule has 0 fully saturated rings. The first-order chi connectivity index (χ1) is 7.35. The van der Waals surface area contributed by atoms with Crippen molar-refractivity contribution in [2.45, 2.75) is 52.4 Å². The maximum Gasteiger partial charge on any atom is 0.0172 e. The van der Waals surface area contributed by atoms with E-state index in [9.17, 15) is 0 Å². The molecule has 1 heteroatoms. The number of rotatable bonds is 10. The van der Waals surface area contributed by atoms with Crippen molar-refractivity contribution in [1.82, 2.24) is 4.90 Å². The highest BCUT2D eigenvalue weighted by atomic mass is 15.1. The van der Waals surface area contributed by atoms with Crippen molar-refractivity contribution in [2.24, 2.45) is 0 Å². The van der Waals surface area contributed by atoms with Crippen LogP contribution in [-0.4, -0.2) is 18.0 Å². The van der Waals surface area contributed by atoms with E-state index in [1.165, 1.54) is 38.8 Å². The highest BCUT2D eigenvalue weighted by Crippen LogP contribution is 2.01. The predicted molar refractivity (Wildman–Crippen MR) is 70.0 cm³/mol. The van der Waals surface area contributed by atoms with Crippen LogP contribution in [0.3, 0.4) is 0 Å². The number of allylic oxidation sites excluding steroid dienone is 2. The minimum atomic E-state index is 1.09. The van der Waals surface area contributed by atoms with Crippen molar-refractivity contribution in [3.63, 3.8) is 0 Å². The Kier molecular flexibility index (Phi) is 10.8. The van der Waals surface area contributed by atoms with Crippen LogP contribution in [-0.2, 0) is 0 Å². The largest absolute Gasteiger partial charge is 0.378 e. The summed E-state index contributed by atoms with van der Waals surface area (Å²) in [6.45, 7) is 10.6. The summed E-state index contributed by atoms with van der Waals surface area (Å²) in [7, 11) is 0. The SMILES string of the molecule is C=CCCC=CN(CCCC)CCCC. The fraction of sp³-hybridized carbons (Fsp3) is 0.714. The van der Waals surface area contributed by atoms with Gasteiger partial charge < -0.3 is 4.90 Å². The first kappa shape index (κ1) is 14.3. The average Bonchev–Trinajstić information content (AvgIpc) is 2.27. The summed E-state index contributed by atoms with van der Waals surface area (Å²) in [6.07, 6.45) is 13.9. The van der Waals surface area contributed by atoms with Gasteiger partial charge in [-0.3, -0.25) is 0 Å². The Bertz CT molecular complexity index is 153. The standard InChI is InChI=1S/C14H27N/c1-4-7-10-11-14-15(12-8-5-2)13-9-6-3/h4,11,14H,1,5-10,12-13H2,2-3H3. The summed E-state index contributed by atoms with van der Waals surface area (Å²) in [4.78, 5) is 2.45. The van der Waals surface area contributed by atoms with Gasteiger partial charge in [-0.05, 0) is 31.9 Å². The molecule has 0 aliphatic heterocycles. The molecule has 0 N–H and O–H groups in total. The predicted octanol–water partition coefficient (Wildman–Crippen LogP) is 4.37. The zero-order valence-electron chi connectivity index (χ0n) is 10.5. The van der Waals surface area contributed by atoms with Crippen LogP contribution >= 0.6 is 0 Å². The molecule has 15 heavy (non-hydrogen) atoms. The van der Waals surface area contributed by atoms with E-state index in [0.717, 1.165) is 12.8 Å². The van der Waals surface area contributed by atoms with Crippen LogP contribution in [0.15, 0.2) is 24.9 Å². The highest BCUT2D eigenvalue weighted by Gasteiger charge is 1.96. The third kappa shape index (κ3) is 9.58. The zero-order chi connectivity index (χ0) is 11.4. The van der Waals surface area contributed by atoms with Crippen molar-refractivity contribution in [3.8, 4) is 0 Å². The van der Waals surface area contributed by atoms with Gasteiger partial charge in [-0.25, -0.2) is 0 Å². The molecule has 0 heterocycles. The van der Waals surface area contributed by atoms with E-state index in [2.05, 4.69) is 37.6 Å². The lowest BCUT2D eigenvalue weighted by atomic mass is 10.2. The van der Waals surface area contributed by atoms with Crippen LogP contribution in [0.25, 0.3) is 0 Å². The summed E-state index contributed by atoms with van der Waals surface area (Å²) < 4.78 is 0. The molecular formula is C14H27N. The van der Waals surface area contributed by atoms with Crippen LogP contribution in [0.1, 0.15) is 52.4 Å². The molecule has 0 aliphatic rings. The molecule has 0 unspecified atom stereocenters. The molecule has 88 valence electrons. The lowest BCUT2D eigenvalue weighted by Crippen LogP contribution is -2.19. The van der Waals surface area contributed by atoms with Gasteiger partial charge in [0, 0.05) is 13.1 Å². The summed E-state index contributed by atoms with van der Waals surface area (Å²) >= 11 is 0. The normalized spacial score (nSPS) is 10.8. The summed E-state index contributed by atoms with van der Waals surface area (Å²) in [5.74, 6) is 0. The molecule has 1 nitrogen and oxygen atoms in total. The Hall–Kier alpha value is -0.720. The van der Waals surface area contributed by atoms with Crippen LogP contribution in [0.2, 0.25) is 0 Å². The van der Waals surface area contributed by atoms with Gasteiger partial charge in [0.2, 0.25) is 0 Å². The summed E-state index contributed by atoms with van der Waals surface area (Å²) in [6, 6.07) is 0. The quantitative estimate of drug-likeness (QED) is 0.381. The summed E-state index contributed by atoms with van der Waals surface area (Å²) in [5, 5.41) is 0. The fourth-order valence-corrected chi connectivity index (χ4v) is 1.42. The van der Waals surface area contributed by atoms with E-state index in [1.807, 2.05) is 6.08 Å². The van der Waals surface area contributed by atoms with Gasteiger partial charge in [-0.1, -0.05) is 38.8 Å². The maximum absolute atomic E-state index is 3.73. The average molecular weight is 209 g/mol. The number of unbranched alkanes of at least 4 members (excludes halogenated alkanes) is 3. The van der Waals surface area contributed by atoms with Gasteiger partial charge in [0.1, 0.15) is 0 Å². The van der Waals surface area contributed by atoms with Gasteiger partial charge >= 0.3 is 0 Å². The molecule has 0 aromatic heterocycles. The Morgan fingerprint density at radius 3 is 2.07 bits per heavy atom. The van der Waals surface area contributed by atoms with Crippen molar-refractivity contribution < 1.29 is 0 Å². The lowest BCUT2D eigenvalue weighted by Gasteiger charge is -2.19. The second kappa shape index (κ2) is 11.4. The van der Waals surface area contributed by atoms with E-state index in [1.54, 1.807) is 0 Å². The molecule has 0 saturated carbocycles. The van der Waals surface area contributed by atoms with Crippen molar-refractivity contribution in [3.05, 3.63) is 24.9 Å². The zero-order valence-corrected chi connectivity index (χ0v) is 10.5. The van der Waals surface area contributed by atoms with E-state index >= 15 is 0 Å². The molecule has 0 aromatic rings. The monoisotopic (exact) mass is 209 g/mol. The van der Waals surface area contributed by atoms with Gasteiger partial charge in [0.25, 0.3) is 0 Å². The topological polar surface area (TPSA) is 3.24 Å². The fourth-order valence-electron chi connectivity index (χ4n) is 1.42. The van der Waals surface area contributed by atoms with Crippen LogP contribution in [0, 0.1) is 0 Å². The third-order valence-electron chi connectivity index (χ3n) is 2.45. The molecule has 0 saturated heterocycles. The molecule has 0 aliphatic carbocycles. The highest BCUT2D eigenvalue weighted by molar-refractivity contribution is 4.84. The van der Waals surface area contributed by atoms with E-state index in [0.29, 0.717) is 0 Å². The summed E-state index contributed by atoms with van der Waals surface area (Å²) in [5.41, 5.74) is 0. The number of hydrogen-bond donors (Lipinski definition) is 0. The Morgan fingerprint density at radius 2 is 1.60 bits per heavy atom. The van der Waals surface area contributed by atoms with Crippen molar-refractivity contribution >= 4 is 0 Å². The van der Waals surface area contributed by atoms with Gasteiger partial charge in [0.15, 0.2) is 0 Å². The molecule has 0 rings (SSSR count). The molecule has 0 radical (unpaired) electrons. The van der Waals surface area contributed by atoms with Gasteiger partial charge in [0.05, 0.1) is 0 Å². The molecule has 0 aromatic carbocycles. The van der Waals surface area contributed by atoms with Crippen molar-refractivity contribution in [2.75, 3.05) is 13.1 Å². The lowest BCUT2D eigenvalue weighted by molar-refractivity contribution is 0.359. The van der Waals surface area contributed by atoms with Crippen LogP contribution < -0.4 is 0 Å². The molecular weight excluding hydrogens is 182 g/mol. The molecule has 0 atom stereocenters. The van der Waals surface area contributed by atoms with Crippen LogP contribution in [0.4, 0.5) is 0 Å². The second-order valence-electron chi connectivity index (χ2n) is 3.99. The van der Waals surface area contributed by atoms with E-state index < -0.39 is 0 Å². The minimum Gasteiger partial charge on any atom is -0.378 e. The van der Waals surface area contributed by atoms with E-state index in [-0.39, 0.29) is 0 Å². The minimum absolute atomic E-state index is 1.09. The first-order valence-electron chi connectivity index (χ1n) is 6.36. The van der Waals surface area contributed by atoms with Crippen molar-refractivity contribution in [1.29, 1.82) is 0 Å². The molecule has 0 amide bonds. The first-order valence-corrected chi connectivity index (χ1v) is 6.36. The smallest absolute Gasteiger partial charge is 0.0172 e. The Balaban J connectivity index is 3.76. The number of nitrogens with zero attached hydrogens (tertiary/aromatic N) is 1. The Morgan fingerprint density at radius 1 is 1.00 bits per heavy atom. The Labute approximate surface area is 95.9 Å². The second-order valence-corrected chi connectivity index (χ2v) is 3.99. The van der Waals surface area contributed by atoms with Gasteiger partial charge in [-0.15, -0.1) is 6.58 Å². The number of hydrogen-bond acceptors (Lipinski definition) is 1. The van der Waals surface area contributed by atoms with Crippen LogP contribution in [0.5, 0.6) is 0 Å². The molecule has 0 spiro atoms. The van der Waals surface area contributed by atoms with E-state index in [4.69, 9.17) is 0 Å².